The molecule has 19 heavy (non-hydrogen) atoms. The molecule has 5 nitrogen and oxygen atoms in total. The smallest absolute Gasteiger partial charge is 0.311 e. The van der Waals surface area contributed by atoms with Crippen LogP contribution in [0, 0.1) is 19.3 Å². The second-order valence-corrected chi connectivity index (χ2v) is 5.41. The summed E-state index contributed by atoms with van der Waals surface area (Å²) in [7, 11) is 0. The van der Waals surface area contributed by atoms with Gasteiger partial charge in [-0.15, -0.1) is 0 Å². The summed E-state index contributed by atoms with van der Waals surface area (Å²) < 4.78 is 0. The van der Waals surface area contributed by atoms with Gasteiger partial charge in [0, 0.05) is 24.5 Å². The first-order valence-electron chi connectivity index (χ1n) is 6.77. The van der Waals surface area contributed by atoms with Crippen molar-refractivity contribution in [2.75, 3.05) is 18.0 Å². The van der Waals surface area contributed by atoms with Crippen LogP contribution in [0.1, 0.15) is 37.6 Å². The van der Waals surface area contributed by atoms with Crippen molar-refractivity contribution in [2.24, 2.45) is 5.41 Å². The van der Waals surface area contributed by atoms with Crippen molar-refractivity contribution in [3.8, 4) is 0 Å². The molecule has 1 atom stereocenters. The Kier molecular flexibility index (Phi) is 3.73. The number of aryl methyl sites for hydroxylation is 2. The summed E-state index contributed by atoms with van der Waals surface area (Å²) in [5.74, 6) is -0.0413. The zero-order valence-corrected chi connectivity index (χ0v) is 11.8. The Balaban J connectivity index is 2.28. The van der Waals surface area contributed by atoms with Gasteiger partial charge in [-0.3, -0.25) is 4.79 Å². The molecule has 1 N–H and O–H groups in total. The topological polar surface area (TPSA) is 66.3 Å². The highest BCUT2D eigenvalue weighted by Crippen LogP contribution is 2.34. The van der Waals surface area contributed by atoms with E-state index in [9.17, 15) is 9.90 Å². The van der Waals surface area contributed by atoms with E-state index in [0.717, 1.165) is 30.8 Å². The molecule has 0 bridgehead atoms. The van der Waals surface area contributed by atoms with E-state index in [1.165, 1.54) is 0 Å². The lowest BCUT2D eigenvalue weighted by atomic mass is 9.78. The van der Waals surface area contributed by atoms with Crippen LogP contribution in [0.3, 0.4) is 0 Å². The predicted molar refractivity (Wildman–Crippen MR) is 73.3 cm³/mol. The number of carboxylic acids is 1. The number of rotatable bonds is 3. The van der Waals surface area contributed by atoms with Gasteiger partial charge >= 0.3 is 5.97 Å². The van der Waals surface area contributed by atoms with Crippen molar-refractivity contribution in [2.45, 2.75) is 40.0 Å². The Hall–Kier alpha value is -1.65. The minimum absolute atomic E-state index is 0.502. The van der Waals surface area contributed by atoms with Gasteiger partial charge in [0.05, 0.1) is 5.41 Å². The van der Waals surface area contributed by atoms with Gasteiger partial charge in [-0.2, -0.15) is 0 Å². The molecular formula is C14H21N3O2. The zero-order chi connectivity index (χ0) is 14.0. The summed E-state index contributed by atoms with van der Waals surface area (Å²) in [6.07, 6.45) is 2.25. The van der Waals surface area contributed by atoms with Crippen LogP contribution in [0.5, 0.6) is 0 Å². The molecule has 1 fully saturated rings. The van der Waals surface area contributed by atoms with Crippen molar-refractivity contribution >= 4 is 11.9 Å². The maximum atomic E-state index is 11.6. The molecule has 1 aliphatic heterocycles. The number of anilines is 1. The molecule has 1 aromatic rings. The first-order valence-corrected chi connectivity index (χ1v) is 6.77. The van der Waals surface area contributed by atoms with Crippen molar-refractivity contribution in [1.82, 2.24) is 9.97 Å². The molecule has 0 saturated carbocycles. The Bertz CT molecular complexity index is 469. The largest absolute Gasteiger partial charge is 0.481 e. The Morgan fingerprint density at radius 2 is 2.05 bits per heavy atom. The van der Waals surface area contributed by atoms with E-state index in [1.54, 1.807) is 0 Å². The number of aromatic nitrogens is 2. The van der Waals surface area contributed by atoms with Crippen LogP contribution in [0.15, 0.2) is 6.07 Å². The lowest BCUT2D eigenvalue weighted by Crippen LogP contribution is -2.48. The van der Waals surface area contributed by atoms with Crippen molar-refractivity contribution < 1.29 is 9.90 Å². The zero-order valence-electron chi connectivity index (χ0n) is 11.8. The third-order valence-corrected chi connectivity index (χ3v) is 3.96. The van der Waals surface area contributed by atoms with Crippen LogP contribution in [0.4, 0.5) is 5.95 Å². The number of hydrogen-bond acceptors (Lipinski definition) is 4. The first kappa shape index (κ1) is 13.8. The van der Waals surface area contributed by atoms with Gasteiger partial charge in [0.1, 0.15) is 0 Å². The molecule has 1 aromatic heterocycles. The fraction of sp³-hybridized carbons (Fsp3) is 0.643. The van der Waals surface area contributed by atoms with E-state index in [-0.39, 0.29) is 0 Å². The van der Waals surface area contributed by atoms with Gasteiger partial charge in [-0.25, -0.2) is 9.97 Å². The highest BCUT2D eigenvalue weighted by Gasteiger charge is 2.41. The van der Waals surface area contributed by atoms with E-state index in [1.807, 2.05) is 31.7 Å². The van der Waals surface area contributed by atoms with Gasteiger partial charge in [-0.05, 0) is 39.2 Å². The summed E-state index contributed by atoms with van der Waals surface area (Å²) in [5.41, 5.74) is 1.19. The Labute approximate surface area is 113 Å². The Morgan fingerprint density at radius 1 is 1.42 bits per heavy atom. The van der Waals surface area contributed by atoms with Crippen LogP contribution in [0.25, 0.3) is 0 Å². The minimum Gasteiger partial charge on any atom is -0.481 e. The van der Waals surface area contributed by atoms with Gasteiger partial charge in [0.2, 0.25) is 5.95 Å². The van der Waals surface area contributed by atoms with Crippen molar-refractivity contribution in [3.63, 3.8) is 0 Å². The molecule has 0 amide bonds. The van der Waals surface area contributed by atoms with Crippen LogP contribution in [-0.4, -0.2) is 34.1 Å². The molecular weight excluding hydrogens is 242 g/mol. The molecule has 0 aliphatic carbocycles. The summed E-state index contributed by atoms with van der Waals surface area (Å²) in [6.45, 7) is 7.15. The van der Waals surface area contributed by atoms with E-state index >= 15 is 0 Å². The number of nitrogens with zero attached hydrogens (tertiary/aromatic N) is 3. The maximum Gasteiger partial charge on any atom is 0.311 e. The third-order valence-electron chi connectivity index (χ3n) is 3.96. The normalized spacial score (nSPS) is 23.4. The maximum absolute atomic E-state index is 11.6. The molecule has 0 radical (unpaired) electrons. The molecule has 2 rings (SSSR count). The molecule has 0 spiro atoms. The van der Waals surface area contributed by atoms with Crippen molar-refractivity contribution in [1.29, 1.82) is 0 Å². The number of carboxylic acid groups (broad SMARTS) is 1. The van der Waals surface area contributed by atoms with Gasteiger partial charge < -0.3 is 10.0 Å². The number of hydrogen-bond donors (Lipinski definition) is 1. The summed E-state index contributed by atoms with van der Waals surface area (Å²) in [5, 5.41) is 9.50. The summed E-state index contributed by atoms with van der Waals surface area (Å²) in [6, 6.07) is 1.93. The number of piperidine rings is 1. The van der Waals surface area contributed by atoms with Crippen LogP contribution in [-0.2, 0) is 4.79 Å². The average Bonchev–Trinajstić information content (AvgIpc) is 2.37. The van der Waals surface area contributed by atoms with E-state index in [0.29, 0.717) is 18.9 Å². The predicted octanol–water partition coefficient (Wildman–Crippen LogP) is 2.17. The summed E-state index contributed by atoms with van der Waals surface area (Å²) in [4.78, 5) is 22.4. The van der Waals surface area contributed by atoms with Crippen LogP contribution in [0.2, 0.25) is 0 Å². The van der Waals surface area contributed by atoms with E-state index < -0.39 is 11.4 Å². The lowest BCUT2D eigenvalue weighted by molar-refractivity contribution is -0.149. The molecule has 1 unspecified atom stereocenters. The van der Waals surface area contributed by atoms with Gasteiger partial charge in [-0.1, -0.05) is 6.92 Å². The van der Waals surface area contributed by atoms with Crippen molar-refractivity contribution in [3.05, 3.63) is 17.5 Å². The highest BCUT2D eigenvalue weighted by molar-refractivity contribution is 5.75. The lowest BCUT2D eigenvalue weighted by Gasteiger charge is -2.39. The molecule has 1 saturated heterocycles. The fourth-order valence-electron chi connectivity index (χ4n) is 2.77. The minimum atomic E-state index is -0.705. The number of aliphatic carboxylic acids is 1. The van der Waals surface area contributed by atoms with E-state index in [2.05, 4.69) is 9.97 Å². The first-order chi connectivity index (χ1) is 8.97. The monoisotopic (exact) mass is 263 g/mol. The van der Waals surface area contributed by atoms with E-state index in [4.69, 9.17) is 0 Å². The Morgan fingerprint density at radius 3 is 2.58 bits per heavy atom. The standard InChI is InChI=1S/C14H21N3O2/c1-4-14(12(18)19)6-5-7-17(9-14)13-15-10(2)8-11(3)16-13/h8H,4-7,9H2,1-3H3,(H,18,19). The highest BCUT2D eigenvalue weighted by atomic mass is 16.4. The third kappa shape index (κ3) is 2.69. The number of carbonyl (C=O) groups is 1. The van der Waals surface area contributed by atoms with Crippen LogP contribution < -0.4 is 4.90 Å². The fourth-order valence-corrected chi connectivity index (χ4v) is 2.77. The summed E-state index contributed by atoms with van der Waals surface area (Å²) >= 11 is 0. The molecule has 2 heterocycles. The van der Waals surface area contributed by atoms with Gasteiger partial charge in [0.25, 0.3) is 0 Å². The average molecular weight is 263 g/mol. The second kappa shape index (κ2) is 5.15. The second-order valence-electron chi connectivity index (χ2n) is 5.41. The molecule has 5 heteroatoms. The molecule has 1 aliphatic rings. The molecule has 104 valence electrons. The van der Waals surface area contributed by atoms with Gasteiger partial charge in [0.15, 0.2) is 0 Å². The van der Waals surface area contributed by atoms with Crippen LogP contribution >= 0.6 is 0 Å². The quantitative estimate of drug-likeness (QED) is 0.905. The molecule has 0 aromatic carbocycles. The SMILES string of the molecule is CCC1(C(=O)O)CCCN(c2nc(C)cc(C)n2)C1.